The molecule has 5 heterocycles. The second-order valence-corrected chi connectivity index (χ2v) is 19.8. The summed E-state index contributed by atoms with van der Waals surface area (Å²) in [6.45, 7) is 4.11. The van der Waals surface area contributed by atoms with Crippen molar-refractivity contribution in [3.05, 3.63) is 71.6 Å². The van der Waals surface area contributed by atoms with Crippen molar-refractivity contribution in [1.82, 2.24) is 40.4 Å². The molecule has 0 unspecified atom stereocenters. The van der Waals surface area contributed by atoms with Crippen LogP contribution in [0, 0.1) is 5.92 Å². The molecule has 2 aromatic carbocycles. The number of hydrogen-bond donors (Lipinski definition) is 4. The molecule has 2 bridgehead atoms. The van der Waals surface area contributed by atoms with Gasteiger partial charge in [-0.25, -0.2) is 19.6 Å². The summed E-state index contributed by atoms with van der Waals surface area (Å²) in [6.07, 6.45) is 19.2. The van der Waals surface area contributed by atoms with E-state index in [9.17, 15) is 14.4 Å². The summed E-state index contributed by atoms with van der Waals surface area (Å²) in [5.41, 5.74) is 8.78. The van der Waals surface area contributed by atoms with E-state index in [0.717, 1.165) is 99.0 Å². The third kappa shape index (κ3) is 11.2. The molecule has 8 atom stereocenters. The molecule has 4 N–H and O–H groups in total. The number of hydrogen-bond acceptors (Lipinski definition) is 10. The number of carbonyl (C=O) groups is 4. The minimum atomic E-state index is -0.919. The summed E-state index contributed by atoms with van der Waals surface area (Å²) in [7, 11) is 5.66. The zero-order valence-electron chi connectivity index (χ0n) is 42.0. The number of alkyl carbamates (subject to hydrolysis) is 2. The van der Waals surface area contributed by atoms with Gasteiger partial charge >= 0.3 is 12.2 Å². The molecule has 2 aliphatic carbocycles. The third-order valence-electron chi connectivity index (χ3n) is 15.6. The fourth-order valence-electron chi connectivity index (χ4n) is 11.5. The number of aryl methyl sites for hydroxylation is 2. The Morgan fingerprint density at radius 1 is 0.614 bits per heavy atom. The minimum absolute atomic E-state index is 0.00736. The summed E-state index contributed by atoms with van der Waals surface area (Å²) in [5, 5.41) is 5.48. The second-order valence-electron chi connectivity index (χ2n) is 19.8. The fraction of sp³-hybridized carbons (Fsp3) is 0.593. The van der Waals surface area contributed by atoms with Crippen LogP contribution < -0.4 is 10.6 Å². The summed E-state index contributed by atoms with van der Waals surface area (Å²) in [6, 6.07) is 10.9. The van der Waals surface area contributed by atoms with Crippen LogP contribution in [0.3, 0.4) is 0 Å². The first-order valence-electron chi connectivity index (χ1n) is 25.8. The molecule has 5 aliphatic rings. The van der Waals surface area contributed by atoms with Crippen LogP contribution in [-0.4, -0.2) is 119 Å². The van der Waals surface area contributed by atoms with Gasteiger partial charge in [0.25, 0.3) is 0 Å². The first-order valence-corrected chi connectivity index (χ1v) is 25.8. The largest absolute Gasteiger partial charge is 0.453 e. The normalized spacial score (nSPS) is 22.6. The third-order valence-corrected chi connectivity index (χ3v) is 15.6. The molecular weight excluding hydrogens is 889 g/mol. The Kier molecular flexibility index (Phi) is 17.0. The van der Waals surface area contributed by atoms with Crippen LogP contribution in [-0.2, 0) is 41.4 Å². The van der Waals surface area contributed by atoms with Crippen LogP contribution >= 0.6 is 0 Å². The number of carbonyl (C=O) groups excluding carboxylic acids is 4. The lowest BCUT2D eigenvalue weighted by atomic mass is 9.79. The van der Waals surface area contributed by atoms with E-state index in [1.165, 1.54) is 82.1 Å². The van der Waals surface area contributed by atoms with E-state index in [0.29, 0.717) is 12.4 Å². The summed E-state index contributed by atoms with van der Waals surface area (Å²) < 4.78 is 21.0. The van der Waals surface area contributed by atoms with Crippen molar-refractivity contribution < 1.29 is 38.1 Å². The molecule has 2 aromatic heterocycles. The molecule has 378 valence electrons. The topological polar surface area (TPSA) is 193 Å². The van der Waals surface area contributed by atoms with Crippen molar-refractivity contribution in [2.75, 3.05) is 35.0 Å². The molecule has 4 fully saturated rings. The summed E-state index contributed by atoms with van der Waals surface area (Å²) in [5.74, 6) is 1.31. The Labute approximate surface area is 412 Å². The van der Waals surface area contributed by atoms with Crippen molar-refractivity contribution in [2.24, 2.45) is 5.92 Å². The van der Waals surface area contributed by atoms with Crippen LogP contribution in [0.5, 0.6) is 0 Å². The van der Waals surface area contributed by atoms with Crippen molar-refractivity contribution in [2.45, 2.75) is 165 Å². The number of H-pyrrole nitrogens is 2. The number of methoxy groups -OCH3 is 4. The van der Waals surface area contributed by atoms with Crippen LogP contribution in [0.1, 0.15) is 145 Å². The molecule has 0 spiro atoms. The van der Waals surface area contributed by atoms with E-state index in [-0.39, 0.29) is 35.9 Å². The molecular formula is C54H74N8O8. The second kappa shape index (κ2) is 23.4. The lowest BCUT2D eigenvalue weighted by molar-refractivity contribution is -0.147. The Hall–Kier alpha value is -5.74. The lowest BCUT2D eigenvalue weighted by Crippen LogP contribution is -2.59. The minimum Gasteiger partial charge on any atom is -0.453 e. The predicted molar refractivity (Wildman–Crippen MR) is 267 cm³/mol. The molecule has 4 aromatic rings. The number of imidazole rings is 2. The maximum Gasteiger partial charge on any atom is 0.407 e. The van der Waals surface area contributed by atoms with Crippen LogP contribution in [0.2, 0.25) is 0 Å². The zero-order chi connectivity index (χ0) is 49.3. The predicted octanol–water partition coefficient (Wildman–Crippen LogP) is 9.37. The molecule has 0 radical (unpaired) electrons. The SMILES string of the molecule is COC(=O)N[C@H](C(=O)N1CCC[C@H]1c1ncc(-c2ccc3c(c2)CCc2cc(-c4cnc([C@@H]5[C@H]6CCCCCCCCCCC[C@H](CC6)N5C(=O)[C@@H](NC(=O)OC)[C@@H](C)OC)[nH]4)ccc2-3)[nH]1)[C@@H](C)OC. The monoisotopic (exact) mass is 963 g/mol. The van der Waals surface area contributed by atoms with Gasteiger partial charge in [-0.1, -0.05) is 82.1 Å². The van der Waals surface area contributed by atoms with Crippen molar-refractivity contribution >= 4 is 24.0 Å². The summed E-state index contributed by atoms with van der Waals surface area (Å²) >= 11 is 0. The van der Waals surface area contributed by atoms with E-state index in [1.54, 1.807) is 18.9 Å². The Balaban J connectivity index is 1.03. The van der Waals surface area contributed by atoms with E-state index >= 15 is 4.79 Å². The average molecular weight is 963 g/mol. The van der Waals surface area contributed by atoms with Gasteiger partial charge in [-0.3, -0.25) is 9.59 Å². The molecule has 70 heavy (non-hydrogen) atoms. The van der Waals surface area contributed by atoms with Crippen LogP contribution in [0.15, 0.2) is 48.8 Å². The number of ether oxygens (including phenoxy) is 4. The molecule has 16 nitrogen and oxygen atoms in total. The molecule has 9 rings (SSSR count). The van der Waals surface area contributed by atoms with Gasteiger partial charge in [0.15, 0.2) is 0 Å². The number of aromatic nitrogens is 4. The smallest absolute Gasteiger partial charge is 0.407 e. The standard InChI is InChI=1S/C54H74N8O8/c1-33(67-3)46(59-53(65)69-5)51(63)61-28-16-19-45(61)49-55-31-43(57-49)38-23-26-41-36(29-38)20-21-37-30-39(24-27-42(37)41)44-32-56-50(58-44)48-35-17-14-12-10-8-7-9-11-13-15-18-40(25-22-35)62(48)52(64)47(34(2)68-4)60-54(66)70-6/h23-24,26-27,29-35,40,45-48H,7-22,25,28H2,1-6H3,(H,55,57)(H,56,58)(H,59,65)(H,60,66)/t33-,34-,35+,40-,45+,46+,47+,48+/m1/s1. The summed E-state index contributed by atoms with van der Waals surface area (Å²) in [4.78, 5) is 74.7. The number of nitrogens with one attached hydrogen (secondary N) is 4. The zero-order valence-corrected chi connectivity index (χ0v) is 42.0. The van der Waals surface area contributed by atoms with Gasteiger partial charge in [-0.2, -0.15) is 0 Å². The van der Waals surface area contributed by atoms with Gasteiger partial charge in [-0.05, 0) is 117 Å². The molecule has 16 heteroatoms. The molecule has 1 saturated carbocycles. The van der Waals surface area contributed by atoms with Crippen molar-refractivity contribution in [3.63, 3.8) is 0 Å². The van der Waals surface area contributed by atoms with Gasteiger partial charge in [0.05, 0.1) is 62.3 Å². The van der Waals surface area contributed by atoms with Crippen LogP contribution in [0.4, 0.5) is 9.59 Å². The number of likely N-dealkylation sites (tertiary alicyclic amines) is 1. The Bertz CT molecular complexity index is 2430. The number of benzene rings is 2. The number of piperidine rings is 1. The maximum atomic E-state index is 15.0. The highest BCUT2D eigenvalue weighted by Crippen LogP contribution is 2.44. The highest BCUT2D eigenvalue weighted by Gasteiger charge is 2.46. The average Bonchev–Trinajstić information content (AvgIpc) is 4.20. The van der Waals surface area contributed by atoms with Gasteiger partial charge in [0.2, 0.25) is 11.8 Å². The fourth-order valence-corrected chi connectivity index (χ4v) is 11.5. The first kappa shape index (κ1) is 50.6. The number of nitrogens with zero attached hydrogens (tertiary/aromatic N) is 4. The maximum absolute atomic E-state index is 15.0. The van der Waals surface area contributed by atoms with Gasteiger partial charge in [-0.15, -0.1) is 0 Å². The van der Waals surface area contributed by atoms with E-state index in [4.69, 9.17) is 28.9 Å². The molecule has 4 amide bonds. The highest BCUT2D eigenvalue weighted by atomic mass is 16.5. The number of fused-ring (bicyclic) bond motifs is 15. The van der Waals surface area contributed by atoms with Gasteiger partial charge in [0, 0.05) is 26.8 Å². The Morgan fingerprint density at radius 2 is 1.13 bits per heavy atom. The van der Waals surface area contributed by atoms with Crippen LogP contribution in [0.25, 0.3) is 33.6 Å². The number of amides is 4. The van der Waals surface area contributed by atoms with E-state index < -0.39 is 36.5 Å². The van der Waals surface area contributed by atoms with Gasteiger partial charge in [0.1, 0.15) is 23.7 Å². The highest BCUT2D eigenvalue weighted by molar-refractivity contribution is 5.88. The lowest BCUT2D eigenvalue weighted by Gasteiger charge is -2.47. The van der Waals surface area contributed by atoms with Gasteiger partial charge < -0.3 is 49.3 Å². The number of rotatable bonds is 12. The number of aromatic amines is 2. The van der Waals surface area contributed by atoms with Crippen molar-refractivity contribution in [3.8, 4) is 33.6 Å². The van der Waals surface area contributed by atoms with Crippen molar-refractivity contribution in [1.29, 1.82) is 0 Å². The molecule has 3 saturated heterocycles. The first-order chi connectivity index (χ1) is 34.0. The quantitative estimate of drug-likeness (QED) is 0.106. The molecule has 3 aliphatic heterocycles. The Morgan fingerprint density at radius 3 is 1.69 bits per heavy atom. The van der Waals surface area contributed by atoms with E-state index in [1.807, 2.05) is 19.3 Å². The van der Waals surface area contributed by atoms with E-state index in [2.05, 4.69) is 61.9 Å².